The lowest BCUT2D eigenvalue weighted by molar-refractivity contribution is -0.118. The predicted molar refractivity (Wildman–Crippen MR) is 109 cm³/mol. The summed E-state index contributed by atoms with van der Waals surface area (Å²) in [6.07, 6.45) is 0. The summed E-state index contributed by atoms with van der Waals surface area (Å²) < 4.78 is 10.4. The van der Waals surface area contributed by atoms with Crippen LogP contribution >= 0.6 is 0 Å². The number of benzene rings is 2. The van der Waals surface area contributed by atoms with Crippen molar-refractivity contribution in [1.29, 1.82) is 0 Å². The number of rotatable bonds is 8. The lowest BCUT2D eigenvalue weighted by Crippen LogP contribution is -2.47. The van der Waals surface area contributed by atoms with Gasteiger partial charge in [-0.1, -0.05) is 13.8 Å². The minimum Gasteiger partial charge on any atom is -0.497 e. The quantitative estimate of drug-likeness (QED) is 0.629. The zero-order chi connectivity index (χ0) is 21.6. The van der Waals surface area contributed by atoms with E-state index in [0.29, 0.717) is 28.3 Å². The number of amides is 3. The van der Waals surface area contributed by atoms with Gasteiger partial charge in [-0.05, 0) is 42.3 Å². The van der Waals surface area contributed by atoms with Gasteiger partial charge in [-0.15, -0.1) is 0 Å². The van der Waals surface area contributed by atoms with Crippen LogP contribution in [0, 0.1) is 5.92 Å². The molecule has 0 fully saturated rings. The summed E-state index contributed by atoms with van der Waals surface area (Å²) in [5, 5.41) is 5.49. The maximum Gasteiger partial charge on any atom is 0.252 e. The molecule has 2 aromatic carbocycles. The van der Waals surface area contributed by atoms with Crippen molar-refractivity contribution in [3.05, 3.63) is 53.6 Å². The molecule has 0 bridgehead atoms. The van der Waals surface area contributed by atoms with Crippen molar-refractivity contribution in [2.75, 3.05) is 19.5 Å². The van der Waals surface area contributed by atoms with Gasteiger partial charge in [0.2, 0.25) is 11.8 Å². The number of carbonyl (C=O) groups is 3. The number of hydrogen-bond donors (Lipinski definition) is 3. The zero-order valence-corrected chi connectivity index (χ0v) is 16.8. The van der Waals surface area contributed by atoms with Crippen LogP contribution in [0.15, 0.2) is 42.5 Å². The molecule has 0 aliphatic heterocycles. The molecule has 0 aliphatic carbocycles. The summed E-state index contributed by atoms with van der Waals surface area (Å²) in [5.74, 6) is -0.598. The number of methoxy groups -OCH3 is 2. The van der Waals surface area contributed by atoms with Gasteiger partial charge in [0.15, 0.2) is 0 Å². The summed E-state index contributed by atoms with van der Waals surface area (Å²) in [6, 6.07) is 10.2. The third-order valence-electron chi connectivity index (χ3n) is 4.29. The third kappa shape index (κ3) is 5.71. The molecule has 4 N–H and O–H groups in total. The Morgan fingerprint density at radius 2 is 1.45 bits per heavy atom. The van der Waals surface area contributed by atoms with Crippen LogP contribution in [0.4, 0.5) is 5.69 Å². The van der Waals surface area contributed by atoms with Crippen molar-refractivity contribution in [3.8, 4) is 11.5 Å². The van der Waals surface area contributed by atoms with E-state index >= 15 is 0 Å². The van der Waals surface area contributed by atoms with Crippen LogP contribution in [-0.2, 0) is 4.79 Å². The Hall–Kier alpha value is -3.55. The van der Waals surface area contributed by atoms with Crippen LogP contribution in [0.5, 0.6) is 11.5 Å². The molecule has 0 aromatic heterocycles. The standard InChI is InChI=1S/C21H25N3O5/c1-12(2)18(21(27)23-15-7-5-13(6-8-15)19(22)25)24-20(26)14-9-16(28-3)11-17(10-14)29-4/h5-12,18H,1-4H3,(H2,22,25)(H,23,27)(H,24,26). The van der Waals surface area contributed by atoms with Gasteiger partial charge >= 0.3 is 0 Å². The maximum absolute atomic E-state index is 12.7. The molecular weight excluding hydrogens is 374 g/mol. The van der Waals surface area contributed by atoms with E-state index in [1.807, 2.05) is 13.8 Å². The van der Waals surface area contributed by atoms with Gasteiger partial charge in [-0.25, -0.2) is 0 Å². The summed E-state index contributed by atoms with van der Waals surface area (Å²) in [6.45, 7) is 3.65. The van der Waals surface area contributed by atoms with Crippen LogP contribution in [0.25, 0.3) is 0 Å². The fourth-order valence-corrected chi connectivity index (χ4v) is 2.64. The van der Waals surface area contributed by atoms with Crippen molar-refractivity contribution in [2.24, 2.45) is 11.7 Å². The van der Waals surface area contributed by atoms with E-state index in [9.17, 15) is 14.4 Å². The Morgan fingerprint density at radius 3 is 1.90 bits per heavy atom. The van der Waals surface area contributed by atoms with Gasteiger partial charge in [0.05, 0.1) is 14.2 Å². The van der Waals surface area contributed by atoms with Crippen LogP contribution in [-0.4, -0.2) is 38.0 Å². The Kier molecular flexibility index (Phi) is 7.19. The first kappa shape index (κ1) is 21.7. The average Bonchev–Trinajstić information content (AvgIpc) is 2.71. The van der Waals surface area contributed by atoms with E-state index in [1.54, 1.807) is 30.3 Å². The molecule has 3 amide bonds. The SMILES string of the molecule is COc1cc(OC)cc(C(=O)NC(C(=O)Nc2ccc(C(N)=O)cc2)C(C)C)c1. The van der Waals surface area contributed by atoms with Gasteiger partial charge in [-0.2, -0.15) is 0 Å². The monoisotopic (exact) mass is 399 g/mol. The highest BCUT2D eigenvalue weighted by molar-refractivity contribution is 6.02. The van der Waals surface area contributed by atoms with E-state index in [1.165, 1.54) is 26.4 Å². The van der Waals surface area contributed by atoms with Gasteiger partial charge in [-0.3, -0.25) is 14.4 Å². The summed E-state index contributed by atoms with van der Waals surface area (Å²) in [5.41, 5.74) is 6.35. The lowest BCUT2D eigenvalue weighted by Gasteiger charge is -2.22. The van der Waals surface area contributed by atoms with Gasteiger partial charge in [0, 0.05) is 22.9 Å². The van der Waals surface area contributed by atoms with Gasteiger partial charge < -0.3 is 25.8 Å². The summed E-state index contributed by atoms with van der Waals surface area (Å²) in [4.78, 5) is 36.6. The first-order valence-corrected chi connectivity index (χ1v) is 8.99. The minimum absolute atomic E-state index is 0.170. The van der Waals surface area contributed by atoms with Crippen molar-refractivity contribution >= 4 is 23.4 Å². The number of hydrogen-bond acceptors (Lipinski definition) is 5. The Labute approximate surface area is 169 Å². The zero-order valence-electron chi connectivity index (χ0n) is 16.8. The van der Waals surface area contributed by atoms with Crippen molar-refractivity contribution in [1.82, 2.24) is 5.32 Å². The number of primary amides is 1. The maximum atomic E-state index is 12.7. The van der Waals surface area contributed by atoms with Crippen LogP contribution in [0.3, 0.4) is 0 Å². The molecule has 1 atom stereocenters. The molecule has 0 saturated carbocycles. The molecule has 1 unspecified atom stereocenters. The molecule has 2 aromatic rings. The lowest BCUT2D eigenvalue weighted by atomic mass is 10.0. The second kappa shape index (κ2) is 9.59. The highest BCUT2D eigenvalue weighted by Crippen LogP contribution is 2.22. The predicted octanol–water partition coefficient (Wildman–Crippen LogP) is 2.20. The van der Waals surface area contributed by atoms with Gasteiger partial charge in [0.1, 0.15) is 17.5 Å². The molecule has 0 saturated heterocycles. The van der Waals surface area contributed by atoms with Gasteiger partial charge in [0.25, 0.3) is 5.91 Å². The fraction of sp³-hybridized carbons (Fsp3) is 0.286. The summed E-state index contributed by atoms with van der Waals surface area (Å²) >= 11 is 0. The highest BCUT2D eigenvalue weighted by atomic mass is 16.5. The van der Waals surface area contributed by atoms with Crippen molar-refractivity contribution in [3.63, 3.8) is 0 Å². The van der Waals surface area contributed by atoms with E-state index in [0.717, 1.165) is 0 Å². The Morgan fingerprint density at radius 1 is 0.897 bits per heavy atom. The Balaban J connectivity index is 2.15. The van der Waals surface area contributed by atoms with Crippen LogP contribution < -0.4 is 25.8 Å². The molecule has 0 aliphatic rings. The number of nitrogens with two attached hydrogens (primary N) is 1. The average molecular weight is 399 g/mol. The summed E-state index contributed by atoms with van der Waals surface area (Å²) in [7, 11) is 2.98. The van der Waals surface area contributed by atoms with E-state index < -0.39 is 17.9 Å². The van der Waals surface area contributed by atoms with Crippen LogP contribution in [0.2, 0.25) is 0 Å². The van der Waals surface area contributed by atoms with E-state index in [4.69, 9.17) is 15.2 Å². The molecule has 2 rings (SSSR count). The molecule has 0 radical (unpaired) electrons. The van der Waals surface area contributed by atoms with E-state index in [2.05, 4.69) is 10.6 Å². The molecule has 8 heteroatoms. The first-order chi connectivity index (χ1) is 13.7. The number of anilines is 1. The molecular formula is C21H25N3O5. The molecule has 0 heterocycles. The molecule has 0 spiro atoms. The van der Waals surface area contributed by atoms with E-state index in [-0.39, 0.29) is 11.8 Å². The van der Waals surface area contributed by atoms with Crippen molar-refractivity contribution < 1.29 is 23.9 Å². The molecule has 29 heavy (non-hydrogen) atoms. The second-order valence-corrected chi connectivity index (χ2v) is 6.73. The second-order valence-electron chi connectivity index (χ2n) is 6.73. The molecule has 154 valence electrons. The normalized spacial score (nSPS) is 11.5. The fourth-order valence-electron chi connectivity index (χ4n) is 2.64. The Bertz CT molecular complexity index is 871. The number of nitrogens with one attached hydrogen (secondary N) is 2. The highest BCUT2D eigenvalue weighted by Gasteiger charge is 2.25. The smallest absolute Gasteiger partial charge is 0.252 e. The number of ether oxygens (including phenoxy) is 2. The minimum atomic E-state index is -0.782. The topological polar surface area (TPSA) is 120 Å². The first-order valence-electron chi connectivity index (χ1n) is 8.99. The van der Waals surface area contributed by atoms with Crippen molar-refractivity contribution in [2.45, 2.75) is 19.9 Å². The third-order valence-corrected chi connectivity index (χ3v) is 4.29. The number of carbonyl (C=O) groups excluding carboxylic acids is 3. The molecule has 8 nitrogen and oxygen atoms in total. The largest absolute Gasteiger partial charge is 0.497 e. The van der Waals surface area contributed by atoms with Crippen LogP contribution in [0.1, 0.15) is 34.6 Å².